The minimum absolute atomic E-state index is 0.0190. The number of halogens is 4. The van der Waals surface area contributed by atoms with Gasteiger partial charge in [-0.05, 0) is 69.8 Å². The van der Waals surface area contributed by atoms with E-state index in [1.807, 2.05) is 17.2 Å². The number of carboxylic acid groups (broad SMARTS) is 1. The van der Waals surface area contributed by atoms with Gasteiger partial charge in [0.25, 0.3) is 0 Å². The molecule has 0 aliphatic carbocycles. The van der Waals surface area contributed by atoms with Crippen LogP contribution in [0.1, 0.15) is 33.6 Å². The second-order valence-corrected chi connectivity index (χ2v) is 11.3. The predicted octanol–water partition coefficient (Wildman–Crippen LogP) is 7.63. The fourth-order valence-corrected chi connectivity index (χ4v) is 5.26. The molecular formula is C25H29F4NO3S2. The summed E-state index contributed by atoms with van der Waals surface area (Å²) in [6, 6.07) is 9.25. The third-order valence-corrected chi connectivity index (χ3v) is 7.77. The Balaban J connectivity index is 2.03. The number of carboxylic acids is 1. The Morgan fingerprint density at radius 2 is 1.89 bits per heavy atom. The number of hydrogen-bond acceptors (Lipinski definition) is 5. The zero-order chi connectivity index (χ0) is 26.0. The molecule has 35 heavy (non-hydrogen) atoms. The Bertz CT molecular complexity index is 1040. The number of hydrogen-bond donors (Lipinski definition) is 1. The summed E-state index contributed by atoms with van der Waals surface area (Å²) in [6.45, 7) is 3.98. The van der Waals surface area contributed by atoms with Gasteiger partial charge in [0, 0.05) is 29.5 Å². The summed E-state index contributed by atoms with van der Waals surface area (Å²) < 4.78 is 62.0. The lowest BCUT2D eigenvalue weighted by atomic mass is 9.95. The molecule has 2 aromatic carbocycles. The smallest absolute Gasteiger partial charge is 0.312 e. The largest absolute Gasteiger partial charge is 0.491 e. The predicted molar refractivity (Wildman–Crippen MR) is 133 cm³/mol. The van der Waals surface area contributed by atoms with Crippen LogP contribution in [-0.2, 0) is 4.79 Å². The van der Waals surface area contributed by atoms with Crippen molar-refractivity contribution in [2.75, 3.05) is 24.3 Å². The average Bonchev–Trinajstić information content (AvgIpc) is 2.91. The number of thioether (sulfide) groups is 2. The number of fused-ring (bicyclic) bond motifs is 1. The maximum absolute atomic E-state index is 15.4. The van der Waals surface area contributed by atoms with Crippen molar-refractivity contribution in [1.29, 1.82) is 0 Å². The van der Waals surface area contributed by atoms with Crippen molar-refractivity contribution < 1.29 is 32.2 Å². The van der Waals surface area contributed by atoms with E-state index in [0.717, 1.165) is 18.7 Å². The van der Waals surface area contributed by atoms with E-state index < -0.39 is 41.0 Å². The molecule has 1 aliphatic rings. The highest BCUT2D eigenvalue weighted by Crippen LogP contribution is 2.48. The van der Waals surface area contributed by atoms with Crippen LogP contribution in [0.5, 0.6) is 5.75 Å². The van der Waals surface area contributed by atoms with Gasteiger partial charge in [0.2, 0.25) is 5.92 Å². The first-order valence-corrected chi connectivity index (χ1v) is 13.2. The number of carbonyl (C=O) groups is 1. The fourth-order valence-electron chi connectivity index (χ4n) is 3.59. The molecule has 4 nitrogen and oxygen atoms in total. The van der Waals surface area contributed by atoms with Crippen LogP contribution in [-0.4, -0.2) is 41.9 Å². The van der Waals surface area contributed by atoms with Crippen molar-refractivity contribution in [3.8, 4) is 5.75 Å². The molecular weight excluding hydrogens is 502 g/mol. The van der Waals surface area contributed by atoms with Crippen LogP contribution in [0, 0.1) is 17.2 Å². The van der Waals surface area contributed by atoms with Gasteiger partial charge in [0.05, 0.1) is 16.0 Å². The Morgan fingerprint density at radius 1 is 1.23 bits per heavy atom. The standard InChI is InChI=1S/C25H29F4NO3S2/c1-24(2,23(31)32)14-33-19-12-20-18(11-21(19)34-4)30(17-7-5-16(26)6-8-17)13-15(22(27)35-20)9-10-25(3,28)29/h5-8,11-12,15,22H,9-10,13-14H2,1-4H3,(H,31,32). The van der Waals surface area contributed by atoms with Gasteiger partial charge in [-0.2, -0.15) is 0 Å². The second kappa shape index (κ2) is 10.9. The van der Waals surface area contributed by atoms with Gasteiger partial charge in [-0.25, -0.2) is 17.6 Å². The normalized spacial score (nSPS) is 18.7. The molecule has 1 aliphatic heterocycles. The second-order valence-electron chi connectivity index (χ2n) is 9.37. The summed E-state index contributed by atoms with van der Waals surface area (Å²) in [5, 5.41) is 9.40. The van der Waals surface area contributed by atoms with Crippen molar-refractivity contribution in [3.63, 3.8) is 0 Å². The zero-order valence-electron chi connectivity index (χ0n) is 20.0. The van der Waals surface area contributed by atoms with E-state index in [1.54, 1.807) is 32.0 Å². The molecule has 192 valence electrons. The molecule has 2 unspecified atom stereocenters. The molecule has 0 spiro atoms. The number of anilines is 2. The van der Waals surface area contributed by atoms with Gasteiger partial charge >= 0.3 is 5.97 Å². The Kier molecular flexibility index (Phi) is 8.57. The third kappa shape index (κ3) is 7.00. The SMILES string of the molecule is CSc1cc2c(cc1OCC(C)(C)C(=O)O)SC(F)C(CCC(C)(F)F)CN2c1ccc(F)cc1. The first kappa shape index (κ1) is 27.5. The lowest BCUT2D eigenvalue weighted by Crippen LogP contribution is -2.30. The Morgan fingerprint density at radius 3 is 2.46 bits per heavy atom. The minimum Gasteiger partial charge on any atom is -0.491 e. The third-order valence-electron chi connectivity index (χ3n) is 5.82. The molecule has 0 amide bonds. The summed E-state index contributed by atoms with van der Waals surface area (Å²) in [5.41, 5.74) is -1.31. The number of rotatable bonds is 9. The van der Waals surface area contributed by atoms with E-state index in [0.29, 0.717) is 26.9 Å². The average molecular weight is 532 g/mol. The maximum atomic E-state index is 15.4. The molecule has 0 saturated carbocycles. The van der Waals surface area contributed by atoms with Crippen LogP contribution in [0.3, 0.4) is 0 Å². The molecule has 10 heteroatoms. The van der Waals surface area contributed by atoms with Crippen LogP contribution in [0.25, 0.3) is 0 Å². The topological polar surface area (TPSA) is 49.8 Å². The Hall–Kier alpha value is -2.07. The van der Waals surface area contributed by atoms with E-state index in [9.17, 15) is 23.1 Å². The first-order chi connectivity index (χ1) is 16.3. The highest BCUT2D eigenvalue weighted by atomic mass is 32.2. The fraction of sp³-hybridized carbons (Fsp3) is 0.480. The van der Waals surface area contributed by atoms with Crippen molar-refractivity contribution in [3.05, 3.63) is 42.2 Å². The van der Waals surface area contributed by atoms with Crippen LogP contribution in [0.4, 0.5) is 28.9 Å². The highest BCUT2D eigenvalue weighted by molar-refractivity contribution is 8.00. The lowest BCUT2D eigenvalue weighted by Gasteiger charge is -2.29. The van der Waals surface area contributed by atoms with Gasteiger partial charge in [-0.15, -0.1) is 11.8 Å². The molecule has 1 N–H and O–H groups in total. The number of nitrogens with zero attached hydrogens (tertiary/aromatic N) is 1. The summed E-state index contributed by atoms with van der Waals surface area (Å²) in [6.07, 6.45) is 1.38. The van der Waals surface area contributed by atoms with Crippen molar-refractivity contribution in [2.24, 2.45) is 11.3 Å². The summed E-state index contributed by atoms with van der Waals surface area (Å²) in [4.78, 5) is 14.6. The summed E-state index contributed by atoms with van der Waals surface area (Å²) in [5.74, 6) is -4.61. The van der Waals surface area contributed by atoms with E-state index >= 15 is 4.39 Å². The van der Waals surface area contributed by atoms with Crippen LogP contribution in [0.2, 0.25) is 0 Å². The molecule has 0 radical (unpaired) electrons. The first-order valence-electron chi connectivity index (χ1n) is 11.1. The molecule has 0 bridgehead atoms. The monoisotopic (exact) mass is 531 g/mol. The van der Waals surface area contributed by atoms with Gasteiger partial charge in [-0.3, -0.25) is 4.79 Å². The van der Waals surface area contributed by atoms with Gasteiger partial charge in [-0.1, -0.05) is 11.8 Å². The van der Waals surface area contributed by atoms with Crippen molar-refractivity contribution in [1.82, 2.24) is 0 Å². The molecule has 0 saturated heterocycles. The number of alkyl halides is 3. The molecule has 2 aromatic rings. The van der Waals surface area contributed by atoms with Gasteiger partial charge in [0.15, 0.2) is 5.50 Å². The van der Waals surface area contributed by atoms with E-state index in [1.165, 1.54) is 23.9 Å². The molecule has 0 fully saturated rings. The summed E-state index contributed by atoms with van der Waals surface area (Å²) >= 11 is 2.32. The van der Waals surface area contributed by atoms with Crippen LogP contribution >= 0.6 is 23.5 Å². The molecule has 3 rings (SSSR count). The number of benzene rings is 2. The van der Waals surface area contributed by atoms with Crippen LogP contribution < -0.4 is 9.64 Å². The molecule has 1 heterocycles. The van der Waals surface area contributed by atoms with Crippen molar-refractivity contribution >= 4 is 40.9 Å². The van der Waals surface area contributed by atoms with E-state index in [-0.39, 0.29) is 19.6 Å². The van der Waals surface area contributed by atoms with E-state index in [2.05, 4.69) is 0 Å². The number of ether oxygens (including phenoxy) is 1. The summed E-state index contributed by atoms with van der Waals surface area (Å²) in [7, 11) is 0. The highest BCUT2D eigenvalue weighted by Gasteiger charge is 2.35. The quantitative estimate of drug-likeness (QED) is 0.265. The van der Waals surface area contributed by atoms with Gasteiger partial charge in [0.1, 0.15) is 18.2 Å². The van der Waals surface area contributed by atoms with E-state index in [4.69, 9.17) is 4.74 Å². The number of aliphatic carboxylic acids is 1. The molecule has 0 aromatic heterocycles. The van der Waals surface area contributed by atoms with Crippen molar-refractivity contribution in [2.45, 2.75) is 54.8 Å². The van der Waals surface area contributed by atoms with Gasteiger partial charge < -0.3 is 14.7 Å². The maximum Gasteiger partial charge on any atom is 0.312 e. The Labute approximate surface area is 211 Å². The lowest BCUT2D eigenvalue weighted by molar-refractivity contribution is -0.148. The molecule has 2 atom stereocenters. The van der Waals surface area contributed by atoms with Crippen LogP contribution in [0.15, 0.2) is 46.2 Å². The zero-order valence-corrected chi connectivity index (χ0v) is 21.6. The minimum atomic E-state index is -2.91.